The summed E-state index contributed by atoms with van der Waals surface area (Å²) in [6.45, 7) is 5.77. The largest absolute Gasteiger partial charge is 0.485 e. The Kier molecular flexibility index (Phi) is 6.44. The molecule has 2 aliphatic rings. The number of nitrogens with zero attached hydrogens (tertiary/aromatic N) is 1. The minimum atomic E-state index is -0.619. The van der Waals surface area contributed by atoms with Crippen LogP contribution in [0.4, 0.5) is 0 Å². The number of nitrogens with one attached hydrogen (secondary N) is 1. The quantitative estimate of drug-likeness (QED) is 0.772. The highest BCUT2D eigenvalue weighted by Crippen LogP contribution is 2.31. The molecule has 0 bridgehead atoms. The van der Waals surface area contributed by atoms with Crippen LogP contribution in [0.2, 0.25) is 0 Å². The maximum absolute atomic E-state index is 12.8. The van der Waals surface area contributed by atoms with Crippen molar-refractivity contribution in [3.8, 4) is 11.5 Å². The van der Waals surface area contributed by atoms with Crippen molar-refractivity contribution in [2.24, 2.45) is 11.1 Å². The van der Waals surface area contributed by atoms with Crippen LogP contribution in [0.1, 0.15) is 39.5 Å². The van der Waals surface area contributed by atoms with Gasteiger partial charge in [-0.05, 0) is 37.8 Å². The zero-order valence-electron chi connectivity index (χ0n) is 16.8. The first-order valence-corrected chi connectivity index (χ1v) is 10.2. The van der Waals surface area contributed by atoms with Gasteiger partial charge >= 0.3 is 0 Å². The first-order chi connectivity index (χ1) is 13.5. The maximum Gasteiger partial charge on any atom is 0.267 e. The summed E-state index contributed by atoms with van der Waals surface area (Å²) in [6, 6.07) is 7.45. The van der Waals surface area contributed by atoms with Crippen molar-refractivity contribution in [2.75, 3.05) is 26.2 Å². The number of benzene rings is 1. The average Bonchev–Trinajstić information content (AvgIpc) is 2.75. The molecular weight excluding hydrogens is 358 g/mol. The Balaban J connectivity index is 1.51. The molecule has 0 aromatic heterocycles. The molecule has 2 heterocycles. The summed E-state index contributed by atoms with van der Waals surface area (Å²) in [5, 5.41) is 3.15. The summed E-state index contributed by atoms with van der Waals surface area (Å²) in [5.41, 5.74) is 5.38. The molecule has 1 saturated heterocycles. The van der Waals surface area contributed by atoms with Gasteiger partial charge < -0.3 is 25.4 Å². The Morgan fingerprint density at radius 2 is 1.82 bits per heavy atom. The van der Waals surface area contributed by atoms with Gasteiger partial charge in [0.2, 0.25) is 12.0 Å². The van der Waals surface area contributed by atoms with Crippen LogP contribution in [0, 0.1) is 5.41 Å². The third-order valence-electron chi connectivity index (χ3n) is 6.15. The summed E-state index contributed by atoms with van der Waals surface area (Å²) >= 11 is 0. The van der Waals surface area contributed by atoms with Crippen LogP contribution >= 0.6 is 0 Å². The molecule has 1 aromatic rings. The lowest BCUT2D eigenvalue weighted by Crippen LogP contribution is -2.54. The Hall–Kier alpha value is -2.28. The molecule has 2 aliphatic heterocycles. The molecular formula is C21H31N3O4. The number of rotatable bonds is 6. The fourth-order valence-electron chi connectivity index (χ4n) is 3.88. The Bertz CT molecular complexity index is 688. The van der Waals surface area contributed by atoms with E-state index in [0.717, 1.165) is 25.7 Å². The number of fused-ring (bicyclic) bond motifs is 1. The van der Waals surface area contributed by atoms with E-state index in [2.05, 4.69) is 5.32 Å². The topological polar surface area (TPSA) is 93.9 Å². The highest BCUT2D eigenvalue weighted by Gasteiger charge is 2.37. The monoisotopic (exact) mass is 389 g/mol. The lowest BCUT2D eigenvalue weighted by atomic mass is 9.81. The van der Waals surface area contributed by atoms with E-state index in [1.165, 1.54) is 0 Å². The summed E-state index contributed by atoms with van der Waals surface area (Å²) in [6.07, 6.45) is 2.30. The van der Waals surface area contributed by atoms with Crippen molar-refractivity contribution in [2.45, 2.75) is 51.7 Å². The molecule has 28 heavy (non-hydrogen) atoms. The standard InChI is InChI=1S/C21H31N3O4/c1-3-21(4-2,14-22)20(26)23-15-9-11-24(12-10-15)19(25)18-13-27-16-7-5-6-8-17(16)28-18/h5-8,15,18H,3-4,9-14,22H2,1-2H3,(H,23,26). The van der Waals surface area contributed by atoms with Crippen LogP contribution in [0.3, 0.4) is 0 Å². The molecule has 1 unspecified atom stereocenters. The van der Waals surface area contributed by atoms with Gasteiger partial charge in [-0.25, -0.2) is 0 Å². The molecule has 3 N–H and O–H groups in total. The molecule has 0 radical (unpaired) electrons. The summed E-state index contributed by atoms with van der Waals surface area (Å²) in [5.74, 6) is 1.25. The molecule has 7 nitrogen and oxygen atoms in total. The first kappa shape index (κ1) is 20.5. The van der Waals surface area contributed by atoms with Gasteiger partial charge in [0.05, 0.1) is 5.41 Å². The molecule has 1 atom stereocenters. The van der Waals surface area contributed by atoms with E-state index in [1.807, 2.05) is 38.1 Å². The van der Waals surface area contributed by atoms with Crippen LogP contribution < -0.4 is 20.5 Å². The molecule has 1 aromatic carbocycles. The van der Waals surface area contributed by atoms with E-state index >= 15 is 0 Å². The molecule has 3 rings (SSSR count). The number of amides is 2. The molecule has 0 saturated carbocycles. The van der Waals surface area contributed by atoms with Gasteiger partial charge in [0.25, 0.3) is 5.91 Å². The van der Waals surface area contributed by atoms with Gasteiger partial charge in [-0.1, -0.05) is 26.0 Å². The molecule has 0 spiro atoms. The smallest absolute Gasteiger partial charge is 0.267 e. The summed E-state index contributed by atoms with van der Waals surface area (Å²) in [7, 11) is 0. The normalized spacial score (nSPS) is 20.0. The third kappa shape index (κ3) is 4.09. The zero-order valence-corrected chi connectivity index (χ0v) is 16.8. The highest BCUT2D eigenvalue weighted by atomic mass is 16.6. The molecule has 154 valence electrons. The van der Waals surface area contributed by atoms with E-state index in [1.54, 1.807) is 4.90 Å². The SMILES string of the molecule is CCC(CC)(CN)C(=O)NC1CCN(C(=O)C2COc3ccccc3O2)CC1. The maximum atomic E-state index is 12.8. The third-order valence-corrected chi connectivity index (χ3v) is 6.15. The lowest BCUT2D eigenvalue weighted by Gasteiger charge is -2.37. The average molecular weight is 389 g/mol. The van der Waals surface area contributed by atoms with Gasteiger partial charge in [0.15, 0.2) is 11.5 Å². The van der Waals surface area contributed by atoms with Crippen LogP contribution in [0.15, 0.2) is 24.3 Å². The molecule has 0 aliphatic carbocycles. The second-order valence-electron chi connectivity index (χ2n) is 7.63. The number of hydrogen-bond donors (Lipinski definition) is 2. The number of likely N-dealkylation sites (tertiary alicyclic amines) is 1. The first-order valence-electron chi connectivity index (χ1n) is 10.2. The number of carbonyl (C=O) groups is 2. The molecule has 2 amide bonds. The zero-order chi connectivity index (χ0) is 20.1. The Morgan fingerprint density at radius 1 is 1.18 bits per heavy atom. The van der Waals surface area contributed by atoms with E-state index in [-0.39, 0.29) is 24.5 Å². The minimum absolute atomic E-state index is 0.0328. The van der Waals surface area contributed by atoms with Gasteiger partial charge in [-0.15, -0.1) is 0 Å². The van der Waals surface area contributed by atoms with Crippen molar-refractivity contribution >= 4 is 11.8 Å². The van der Waals surface area contributed by atoms with E-state index in [9.17, 15) is 9.59 Å². The van der Waals surface area contributed by atoms with Crippen molar-refractivity contribution < 1.29 is 19.1 Å². The predicted molar refractivity (Wildman–Crippen MR) is 106 cm³/mol. The van der Waals surface area contributed by atoms with Gasteiger partial charge in [-0.3, -0.25) is 9.59 Å². The Morgan fingerprint density at radius 3 is 2.43 bits per heavy atom. The number of para-hydroxylation sites is 2. The van der Waals surface area contributed by atoms with Crippen LogP contribution in [-0.2, 0) is 9.59 Å². The number of piperidine rings is 1. The van der Waals surface area contributed by atoms with Crippen LogP contribution in [0.25, 0.3) is 0 Å². The molecule has 1 fully saturated rings. The predicted octanol–water partition coefficient (Wildman–Crippen LogP) is 1.70. The van der Waals surface area contributed by atoms with Gasteiger partial charge in [0.1, 0.15) is 6.61 Å². The summed E-state index contributed by atoms with van der Waals surface area (Å²) in [4.78, 5) is 27.3. The fraction of sp³-hybridized carbons (Fsp3) is 0.619. The number of nitrogens with two attached hydrogens (primary N) is 1. The molecule has 7 heteroatoms. The van der Waals surface area contributed by atoms with Crippen LogP contribution in [-0.4, -0.2) is 55.1 Å². The van der Waals surface area contributed by atoms with Gasteiger partial charge in [0, 0.05) is 25.7 Å². The Labute approximate surface area is 166 Å². The van der Waals surface area contributed by atoms with E-state index in [0.29, 0.717) is 31.1 Å². The van der Waals surface area contributed by atoms with Crippen molar-refractivity contribution in [3.05, 3.63) is 24.3 Å². The fourth-order valence-corrected chi connectivity index (χ4v) is 3.88. The van der Waals surface area contributed by atoms with Gasteiger partial charge in [-0.2, -0.15) is 0 Å². The number of hydrogen-bond acceptors (Lipinski definition) is 5. The highest BCUT2D eigenvalue weighted by molar-refractivity contribution is 5.83. The van der Waals surface area contributed by atoms with Crippen molar-refractivity contribution in [3.63, 3.8) is 0 Å². The second-order valence-corrected chi connectivity index (χ2v) is 7.63. The minimum Gasteiger partial charge on any atom is -0.485 e. The number of ether oxygens (including phenoxy) is 2. The van der Waals surface area contributed by atoms with Crippen molar-refractivity contribution in [1.82, 2.24) is 10.2 Å². The second kappa shape index (κ2) is 8.82. The van der Waals surface area contributed by atoms with Crippen LogP contribution in [0.5, 0.6) is 11.5 Å². The van der Waals surface area contributed by atoms with Crippen molar-refractivity contribution in [1.29, 1.82) is 0 Å². The number of carbonyl (C=O) groups excluding carboxylic acids is 2. The van der Waals surface area contributed by atoms with E-state index in [4.69, 9.17) is 15.2 Å². The van der Waals surface area contributed by atoms with E-state index < -0.39 is 11.5 Å². The lowest BCUT2D eigenvalue weighted by molar-refractivity contribution is -0.142. The summed E-state index contributed by atoms with van der Waals surface area (Å²) < 4.78 is 11.5.